The van der Waals surface area contributed by atoms with Gasteiger partial charge in [-0.05, 0) is 43.2 Å². The molecule has 0 amide bonds. The molecule has 6 nitrogen and oxygen atoms in total. The van der Waals surface area contributed by atoms with Gasteiger partial charge in [-0.15, -0.1) is 0 Å². The van der Waals surface area contributed by atoms with Crippen molar-refractivity contribution in [1.29, 1.82) is 0 Å². The molecule has 0 radical (unpaired) electrons. The molecule has 0 spiro atoms. The summed E-state index contributed by atoms with van der Waals surface area (Å²) >= 11 is 0. The second kappa shape index (κ2) is 10.4. The van der Waals surface area contributed by atoms with Gasteiger partial charge in [-0.3, -0.25) is 0 Å². The standard InChI is InChI=1S/C17H23F3N2O2S.C2HF3O2/c1-25(23,24)22-13-5-3-2-4-11(13)9-21-14-7-6-10-8-12(18)16(19)17(20)15(10)14;3-2(4,5)1(6)7/h8,11,13-14,21-22H,2-7,9H2,1H3;(H,6,7). The Morgan fingerprint density at radius 2 is 1.72 bits per heavy atom. The second-order valence-electron chi connectivity index (χ2n) is 7.90. The Kier molecular flexibility index (Phi) is 8.56. The fraction of sp³-hybridized carbons (Fsp3) is 0.632. The first kappa shape index (κ1) is 26.4. The average Bonchev–Trinajstić information content (AvgIpc) is 3.06. The topological polar surface area (TPSA) is 95.5 Å². The van der Waals surface area contributed by atoms with Crippen LogP contribution in [0.3, 0.4) is 0 Å². The zero-order chi connectivity index (χ0) is 24.3. The summed E-state index contributed by atoms with van der Waals surface area (Å²) in [5.41, 5.74) is 0.714. The van der Waals surface area contributed by atoms with Gasteiger partial charge in [0.05, 0.1) is 6.26 Å². The summed E-state index contributed by atoms with van der Waals surface area (Å²) in [7, 11) is -3.29. The summed E-state index contributed by atoms with van der Waals surface area (Å²) in [6.45, 7) is 0.510. The lowest BCUT2D eigenvalue weighted by Gasteiger charge is -2.32. The molecule has 1 fully saturated rings. The van der Waals surface area contributed by atoms with E-state index in [4.69, 9.17) is 9.90 Å². The molecule has 1 aromatic rings. The van der Waals surface area contributed by atoms with Crippen molar-refractivity contribution in [2.24, 2.45) is 5.92 Å². The number of aliphatic carboxylic acids is 1. The highest BCUT2D eigenvalue weighted by atomic mass is 32.2. The highest BCUT2D eigenvalue weighted by molar-refractivity contribution is 7.88. The van der Waals surface area contributed by atoms with Gasteiger partial charge in [-0.25, -0.2) is 31.1 Å². The fourth-order valence-electron chi connectivity index (χ4n) is 4.07. The molecule has 0 heterocycles. The number of alkyl halides is 3. The summed E-state index contributed by atoms with van der Waals surface area (Å²) in [6, 6.07) is 0.558. The number of nitrogens with one attached hydrogen (secondary N) is 2. The van der Waals surface area contributed by atoms with Gasteiger partial charge < -0.3 is 10.4 Å². The largest absolute Gasteiger partial charge is 0.490 e. The number of aryl methyl sites for hydroxylation is 1. The molecule has 0 aromatic heterocycles. The molecule has 3 atom stereocenters. The van der Waals surface area contributed by atoms with E-state index in [0.717, 1.165) is 38.0 Å². The third-order valence-electron chi connectivity index (χ3n) is 5.48. The summed E-state index contributed by atoms with van der Waals surface area (Å²) in [5, 5.41) is 10.4. The molecule has 0 saturated heterocycles. The Balaban J connectivity index is 0.000000451. The van der Waals surface area contributed by atoms with Crippen molar-refractivity contribution in [3.8, 4) is 0 Å². The van der Waals surface area contributed by atoms with Gasteiger partial charge in [-0.1, -0.05) is 12.8 Å². The lowest BCUT2D eigenvalue weighted by atomic mass is 9.85. The third-order valence-corrected chi connectivity index (χ3v) is 6.21. The first-order chi connectivity index (χ1) is 14.7. The van der Waals surface area contributed by atoms with Crippen LogP contribution in [0, 0.1) is 23.4 Å². The van der Waals surface area contributed by atoms with E-state index in [0.29, 0.717) is 24.9 Å². The van der Waals surface area contributed by atoms with Crippen molar-refractivity contribution in [2.75, 3.05) is 12.8 Å². The van der Waals surface area contributed by atoms with Gasteiger partial charge in [0.15, 0.2) is 17.5 Å². The van der Waals surface area contributed by atoms with Gasteiger partial charge in [-0.2, -0.15) is 13.2 Å². The minimum atomic E-state index is -5.08. The van der Waals surface area contributed by atoms with Crippen molar-refractivity contribution in [3.63, 3.8) is 0 Å². The summed E-state index contributed by atoms with van der Waals surface area (Å²) < 4.78 is 98.5. The molecule has 13 heteroatoms. The number of benzene rings is 1. The minimum Gasteiger partial charge on any atom is -0.475 e. The molecule has 2 aliphatic carbocycles. The molecule has 0 bridgehead atoms. The Morgan fingerprint density at radius 3 is 2.28 bits per heavy atom. The van der Waals surface area contributed by atoms with E-state index >= 15 is 0 Å². The highest BCUT2D eigenvalue weighted by Gasteiger charge is 2.38. The first-order valence-electron chi connectivity index (χ1n) is 9.87. The minimum absolute atomic E-state index is 0.0980. The summed E-state index contributed by atoms with van der Waals surface area (Å²) in [5.74, 6) is -6.35. The van der Waals surface area contributed by atoms with Crippen molar-refractivity contribution in [3.05, 3.63) is 34.6 Å². The number of rotatable bonds is 5. The molecule has 3 unspecified atom stereocenters. The number of carboxylic acid groups (broad SMARTS) is 1. The van der Waals surface area contributed by atoms with Gasteiger partial charge in [0.25, 0.3) is 0 Å². The zero-order valence-corrected chi connectivity index (χ0v) is 17.9. The van der Waals surface area contributed by atoms with E-state index in [9.17, 15) is 34.8 Å². The lowest BCUT2D eigenvalue weighted by Crippen LogP contribution is -2.45. The van der Waals surface area contributed by atoms with Crippen molar-refractivity contribution < 1.29 is 44.7 Å². The second-order valence-corrected chi connectivity index (χ2v) is 9.68. The normalized spacial score (nSPS) is 23.3. The van der Waals surface area contributed by atoms with Crippen LogP contribution < -0.4 is 10.0 Å². The van der Waals surface area contributed by atoms with Crippen LogP contribution in [-0.2, 0) is 21.2 Å². The van der Waals surface area contributed by atoms with Crippen LogP contribution >= 0.6 is 0 Å². The molecule has 1 saturated carbocycles. The van der Waals surface area contributed by atoms with E-state index in [1.807, 2.05) is 0 Å². The summed E-state index contributed by atoms with van der Waals surface area (Å²) in [6.07, 6.45) is 0.766. The smallest absolute Gasteiger partial charge is 0.475 e. The van der Waals surface area contributed by atoms with Gasteiger partial charge >= 0.3 is 12.1 Å². The molecule has 0 aliphatic heterocycles. The van der Waals surface area contributed by atoms with E-state index in [-0.39, 0.29) is 23.6 Å². The molecular formula is C19H24F6N2O4S. The number of carboxylic acids is 1. The number of hydrogen-bond donors (Lipinski definition) is 3. The van der Waals surface area contributed by atoms with Crippen LogP contribution in [0.25, 0.3) is 0 Å². The number of halogens is 6. The summed E-state index contributed by atoms with van der Waals surface area (Å²) in [4.78, 5) is 8.90. The predicted octanol–water partition coefficient (Wildman–Crippen LogP) is 3.42. The Morgan fingerprint density at radius 1 is 1.12 bits per heavy atom. The lowest BCUT2D eigenvalue weighted by molar-refractivity contribution is -0.192. The van der Waals surface area contributed by atoms with Crippen molar-refractivity contribution in [2.45, 2.75) is 56.8 Å². The van der Waals surface area contributed by atoms with Gasteiger partial charge in [0, 0.05) is 24.2 Å². The van der Waals surface area contributed by atoms with Crippen LogP contribution in [0.5, 0.6) is 0 Å². The molecular weight excluding hydrogens is 466 g/mol. The maximum atomic E-state index is 14.1. The number of hydrogen-bond acceptors (Lipinski definition) is 4. The maximum absolute atomic E-state index is 14.1. The SMILES string of the molecule is CS(=O)(=O)NC1CCCCC1CNC1CCc2cc(F)c(F)c(F)c21.O=C(O)C(F)(F)F. The molecule has 3 N–H and O–H groups in total. The third kappa shape index (κ3) is 7.07. The highest BCUT2D eigenvalue weighted by Crippen LogP contribution is 2.36. The molecule has 2 aliphatic rings. The van der Waals surface area contributed by atoms with Crippen LogP contribution in [0.4, 0.5) is 26.3 Å². The van der Waals surface area contributed by atoms with Crippen molar-refractivity contribution in [1.82, 2.24) is 10.0 Å². The van der Waals surface area contributed by atoms with E-state index in [1.54, 1.807) is 0 Å². The van der Waals surface area contributed by atoms with E-state index in [1.165, 1.54) is 0 Å². The monoisotopic (exact) mass is 490 g/mol. The number of sulfonamides is 1. The van der Waals surface area contributed by atoms with Gasteiger partial charge in [0.1, 0.15) is 0 Å². The Labute approximate surface area is 181 Å². The van der Waals surface area contributed by atoms with Crippen LogP contribution in [0.2, 0.25) is 0 Å². The average molecular weight is 490 g/mol. The van der Waals surface area contributed by atoms with E-state index in [2.05, 4.69) is 10.0 Å². The fourth-order valence-corrected chi connectivity index (χ4v) is 4.93. The van der Waals surface area contributed by atoms with E-state index < -0.39 is 39.6 Å². The van der Waals surface area contributed by atoms with Crippen LogP contribution in [0.1, 0.15) is 49.3 Å². The van der Waals surface area contributed by atoms with Crippen LogP contribution in [-0.4, -0.2) is 44.5 Å². The molecule has 182 valence electrons. The Bertz CT molecular complexity index is 939. The molecule has 3 rings (SSSR count). The quantitative estimate of drug-likeness (QED) is 0.434. The first-order valence-corrected chi connectivity index (χ1v) is 11.8. The number of carbonyl (C=O) groups is 1. The molecule has 1 aromatic carbocycles. The molecule has 32 heavy (non-hydrogen) atoms. The zero-order valence-electron chi connectivity index (χ0n) is 17.1. The van der Waals surface area contributed by atoms with Crippen LogP contribution in [0.15, 0.2) is 6.07 Å². The Hall–Kier alpha value is -1.86. The maximum Gasteiger partial charge on any atom is 0.490 e. The van der Waals surface area contributed by atoms with Crippen molar-refractivity contribution >= 4 is 16.0 Å². The predicted molar refractivity (Wildman–Crippen MR) is 103 cm³/mol. The van der Waals surface area contributed by atoms with Gasteiger partial charge in [0.2, 0.25) is 10.0 Å². The number of fused-ring (bicyclic) bond motifs is 1.